The summed E-state index contributed by atoms with van der Waals surface area (Å²) in [5, 5.41) is 13.1. The van der Waals surface area contributed by atoms with Crippen molar-refractivity contribution in [1.82, 2.24) is 9.97 Å². The van der Waals surface area contributed by atoms with Gasteiger partial charge in [0.25, 0.3) is 0 Å². The van der Waals surface area contributed by atoms with Gasteiger partial charge in [0.05, 0.1) is 22.0 Å². The molecule has 1 atom stereocenters. The zero-order valence-electron chi connectivity index (χ0n) is 14.0. The van der Waals surface area contributed by atoms with Gasteiger partial charge in [0.15, 0.2) is 5.13 Å². The second kappa shape index (κ2) is 7.42. The molecule has 0 radical (unpaired) electrons. The number of carbonyl (C=O) groups is 1. The Balaban J connectivity index is 1.65. The van der Waals surface area contributed by atoms with Gasteiger partial charge < -0.3 is 10.3 Å². The number of thioether (sulfide) groups is 1. The zero-order valence-corrected chi connectivity index (χ0v) is 15.6. The Morgan fingerprint density at radius 1 is 1.60 bits per heavy atom. The van der Waals surface area contributed by atoms with Gasteiger partial charge in [-0.1, -0.05) is 18.7 Å². The van der Waals surface area contributed by atoms with Crippen molar-refractivity contribution in [1.29, 1.82) is 5.26 Å². The third kappa shape index (κ3) is 4.11. The number of aromatic nitrogens is 2. The minimum Gasteiger partial charge on any atom is -0.316 e. The quantitative estimate of drug-likeness (QED) is 0.802. The van der Waals surface area contributed by atoms with E-state index in [0.29, 0.717) is 27.2 Å². The molecule has 1 unspecified atom stereocenters. The van der Waals surface area contributed by atoms with Crippen LogP contribution in [0.25, 0.3) is 0 Å². The highest BCUT2D eigenvalue weighted by molar-refractivity contribution is 8.00. The number of amides is 1. The summed E-state index contributed by atoms with van der Waals surface area (Å²) in [5.74, 6) is 0.569. The monoisotopic (exact) mass is 374 g/mol. The number of thiazole rings is 1. The van der Waals surface area contributed by atoms with E-state index < -0.39 is 0 Å². The minimum atomic E-state index is -0.277. The average Bonchev–Trinajstić information content (AvgIpc) is 2.93. The molecule has 3 rings (SSSR count). The van der Waals surface area contributed by atoms with Gasteiger partial charge in [-0.3, -0.25) is 9.59 Å². The van der Waals surface area contributed by atoms with Crippen molar-refractivity contribution in [3.05, 3.63) is 38.1 Å². The van der Waals surface area contributed by atoms with Crippen LogP contribution in [0.4, 0.5) is 5.13 Å². The number of anilines is 1. The normalized spacial score (nSPS) is 16.1. The number of aryl methyl sites for hydroxylation is 2. The molecule has 0 bridgehead atoms. The van der Waals surface area contributed by atoms with Gasteiger partial charge >= 0.3 is 0 Å². The molecule has 25 heavy (non-hydrogen) atoms. The van der Waals surface area contributed by atoms with Crippen molar-refractivity contribution in [2.24, 2.45) is 5.92 Å². The number of pyridine rings is 1. The Labute approximate surface area is 153 Å². The van der Waals surface area contributed by atoms with Gasteiger partial charge in [-0.2, -0.15) is 5.26 Å². The first-order valence-electron chi connectivity index (χ1n) is 8.01. The number of aromatic amines is 1. The predicted octanol–water partition coefficient (Wildman–Crippen LogP) is 2.87. The summed E-state index contributed by atoms with van der Waals surface area (Å²) in [6.07, 6.45) is 3.12. The summed E-state index contributed by atoms with van der Waals surface area (Å²) < 4.78 is 0. The van der Waals surface area contributed by atoms with Crippen LogP contribution in [0, 0.1) is 24.2 Å². The maximum absolute atomic E-state index is 12.2. The summed E-state index contributed by atoms with van der Waals surface area (Å²) >= 11 is 2.69. The number of carbonyl (C=O) groups excluding carboxylic acids is 1. The summed E-state index contributed by atoms with van der Waals surface area (Å²) in [6.45, 7) is 3.94. The van der Waals surface area contributed by atoms with E-state index in [1.165, 1.54) is 22.3 Å². The molecule has 1 amide bonds. The Hall–Kier alpha value is -2.11. The highest BCUT2D eigenvalue weighted by Crippen LogP contribution is 2.32. The first-order valence-corrected chi connectivity index (χ1v) is 9.81. The SMILES string of the molecule is Cc1cc(=O)[nH]c(SCC(=O)Nc2nc3c(s2)CC(C)CC3)c1C#N. The molecule has 0 aromatic carbocycles. The van der Waals surface area contributed by atoms with Crippen LogP contribution in [-0.4, -0.2) is 21.6 Å². The van der Waals surface area contributed by atoms with Crippen molar-refractivity contribution in [3.8, 4) is 6.07 Å². The summed E-state index contributed by atoms with van der Waals surface area (Å²) in [7, 11) is 0. The first-order chi connectivity index (χ1) is 12.0. The fourth-order valence-electron chi connectivity index (χ4n) is 2.79. The number of nitrogens with zero attached hydrogens (tertiary/aromatic N) is 2. The average molecular weight is 374 g/mol. The molecule has 0 spiro atoms. The number of fused-ring (bicyclic) bond motifs is 1. The van der Waals surface area contributed by atoms with E-state index in [4.69, 9.17) is 0 Å². The lowest BCUT2D eigenvalue weighted by Crippen LogP contribution is -2.15. The largest absolute Gasteiger partial charge is 0.316 e. The van der Waals surface area contributed by atoms with Crippen molar-refractivity contribution < 1.29 is 4.79 Å². The van der Waals surface area contributed by atoms with E-state index in [0.717, 1.165) is 36.7 Å². The molecule has 1 aliphatic carbocycles. The molecule has 2 aromatic rings. The number of rotatable bonds is 4. The smallest absolute Gasteiger partial charge is 0.249 e. The van der Waals surface area contributed by atoms with Crippen LogP contribution in [0.5, 0.6) is 0 Å². The van der Waals surface area contributed by atoms with Crippen LogP contribution < -0.4 is 10.9 Å². The van der Waals surface area contributed by atoms with Crippen molar-refractivity contribution >= 4 is 34.1 Å². The second-order valence-corrected chi connectivity index (χ2v) is 8.28. The van der Waals surface area contributed by atoms with E-state index in [1.807, 2.05) is 0 Å². The van der Waals surface area contributed by atoms with E-state index in [1.54, 1.807) is 6.92 Å². The highest BCUT2D eigenvalue weighted by Gasteiger charge is 2.20. The van der Waals surface area contributed by atoms with Crippen LogP contribution in [0.1, 0.15) is 35.0 Å². The molecule has 2 N–H and O–H groups in total. The Bertz CT molecular complexity index is 910. The lowest BCUT2D eigenvalue weighted by Gasteiger charge is -2.15. The van der Waals surface area contributed by atoms with E-state index in [-0.39, 0.29) is 17.2 Å². The molecule has 130 valence electrons. The van der Waals surface area contributed by atoms with Crippen molar-refractivity contribution in [2.75, 3.05) is 11.1 Å². The third-order valence-corrected chi connectivity index (χ3v) is 6.13. The fraction of sp³-hybridized carbons (Fsp3) is 0.412. The molecule has 6 nitrogen and oxygen atoms in total. The number of H-pyrrole nitrogens is 1. The Kier molecular flexibility index (Phi) is 5.25. The summed E-state index contributed by atoms with van der Waals surface area (Å²) in [4.78, 5) is 32.2. The Morgan fingerprint density at radius 2 is 2.40 bits per heavy atom. The van der Waals surface area contributed by atoms with Gasteiger partial charge in [-0.25, -0.2) is 4.98 Å². The molecule has 2 heterocycles. The topological polar surface area (TPSA) is 98.6 Å². The van der Waals surface area contributed by atoms with Gasteiger partial charge in [0.1, 0.15) is 6.07 Å². The van der Waals surface area contributed by atoms with E-state index >= 15 is 0 Å². The number of nitriles is 1. The maximum Gasteiger partial charge on any atom is 0.249 e. The minimum absolute atomic E-state index is 0.106. The highest BCUT2D eigenvalue weighted by atomic mass is 32.2. The van der Waals surface area contributed by atoms with E-state index in [9.17, 15) is 14.9 Å². The molecule has 0 saturated carbocycles. The van der Waals surface area contributed by atoms with Crippen molar-refractivity contribution in [3.63, 3.8) is 0 Å². The van der Waals surface area contributed by atoms with Crippen LogP contribution >= 0.6 is 23.1 Å². The number of nitrogens with one attached hydrogen (secondary N) is 2. The summed E-state index contributed by atoms with van der Waals surface area (Å²) in [5.41, 5.74) is 1.83. The van der Waals surface area contributed by atoms with Crippen molar-refractivity contribution in [2.45, 2.75) is 38.1 Å². The number of hydrogen-bond donors (Lipinski definition) is 2. The van der Waals surface area contributed by atoms with Gasteiger partial charge in [0, 0.05) is 10.9 Å². The molecular formula is C17H18N4O2S2. The van der Waals surface area contributed by atoms with Gasteiger partial charge in [-0.15, -0.1) is 11.3 Å². The fourth-order valence-corrected chi connectivity index (χ4v) is 4.85. The first kappa shape index (κ1) is 17.7. The van der Waals surface area contributed by atoms with Crippen LogP contribution in [-0.2, 0) is 17.6 Å². The zero-order chi connectivity index (χ0) is 18.0. The van der Waals surface area contributed by atoms with Crippen LogP contribution in [0.3, 0.4) is 0 Å². The summed E-state index contributed by atoms with van der Waals surface area (Å²) in [6, 6.07) is 3.45. The standard InChI is InChI=1S/C17H18N4O2S2/c1-9-3-4-12-13(5-9)25-17(19-12)21-15(23)8-24-16-11(7-18)10(2)6-14(22)20-16/h6,9H,3-5,8H2,1-2H3,(H,20,22)(H,19,21,23). The molecule has 0 saturated heterocycles. The maximum atomic E-state index is 12.2. The van der Waals surface area contributed by atoms with Gasteiger partial charge in [0.2, 0.25) is 11.5 Å². The molecule has 0 fully saturated rings. The molecule has 2 aromatic heterocycles. The van der Waals surface area contributed by atoms with Crippen LogP contribution in [0.2, 0.25) is 0 Å². The number of hydrogen-bond acceptors (Lipinski definition) is 6. The Morgan fingerprint density at radius 3 is 3.16 bits per heavy atom. The predicted molar refractivity (Wildman–Crippen MR) is 99.2 cm³/mol. The molecular weight excluding hydrogens is 356 g/mol. The lowest BCUT2D eigenvalue weighted by molar-refractivity contribution is -0.113. The third-order valence-electron chi connectivity index (χ3n) is 4.10. The van der Waals surface area contributed by atoms with Crippen LogP contribution in [0.15, 0.2) is 15.9 Å². The lowest BCUT2D eigenvalue weighted by atomic mass is 9.93. The van der Waals surface area contributed by atoms with E-state index in [2.05, 4.69) is 28.3 Å². The molecule has 1 aliphatic rings. The second-order valence-electron chi connectivity index (χ2n) is 6.21. The molecule has 8 heteroatoms. The molecule has 0 aliphatic heterocycles. The van der Waals surface area contributed by atoms with Gasteiger partial charge in [-0.05, 0) is 37.7 Å².